The van der Waals surface area contributed by atoms with Crippen LogP contribution in [0.25, 0.3) is 0 Å². The Balaban J connectivity index is 2.11. The van der Waals surface area contributed by atoms with Crippen molar-refractivity contribution in [3.63, 3.8) is 0 Å². The van der Waals surface area contributed by atoms with Gasteiger partial charge in [-0.2, -0.15) is 0 Å². The van der Waals surface area contributed by atoms with E-state index in [4.69, 9.17) is 0 Å². The van der Waals surface area contributed by atoms with Gasteiger partial charge in [0, 0.05) is 24.6 Å². The third-order valence-electron chi connectivity index (χ3n) is 4.31. The van der Waals surface area contributed by atoms with E-state index in [1.807, 2.05) is 24.3 Å². The highest BCUT2D eigenvalue weighted by Gasteiger charge is 2.22. The molecule has 6 nitrogen and oxygen atoms in total. The van der Waals surface area contributed by atoms with E-state index in [1.54, 1.807) is 18.2 Å². The standard InChI is InChI=1S/C22H26N2O4/c1-14(25)23-18-7-5-6-16(13-18)20(26)24-19(21(27)28)12-15-8-10-17(11-9-15)22(2,3)4/h5-11,13,19H,12H2,1-4H3,(H,23,25)(H,24,26)(H,27,28)/t19-/m0/s1. The number of hydrogen-bond acceptors (Lipinski definition) is 3. The van der Waals surface area contributed by atoms with Crippen molar-refractivity contribution in [1.29, 1.82) is 0 Å². The SMILES string of the molecule is CC(=O)Nc1cccc(C(=O)N[C@@H](Cc2ccc(C(C)(C)C)cc2)C(=O)O)c1. The minimum atomic E-state index is -1.11. The van der Waals surface area contributed by atoms with Gasteiger partial charge in [-0.05, 0) is 34.7 Å². The summed E-state index contributed by atoms with van der Waals surface area (Å²) in [5.74, 6) is -1.86. The summed E-state index contributed by atoms with van der Waals surface area (Å²) in [6, 6.07) is 13.0. The molecular weight excluding hydrogens is 356 g/mol. The molecule has 0 unspecified atom stereocenters. The van der Waals surface area contributed by atoms with Crippen molar-refractivity contribution in [1.82, 2.24) is 5.32 Å². The Hall–Kier alpha value is -3.15. The number of carbonyl (C=O) groups excluding carboxylic acids is 2. The average molecular weight is 382 g/mol. The maximum absolute atomic E-state index is 12.5. The summed E-state index contributed by atoms with van der Waals surface area (Å²) in [5.41, 5.74) is 2.75. The van der Waals surface area contributed by atoms with Gasteiger partial charge in [0.05, 0.1) is 0 Å². The summed E-state index contributed by atoms with van der Waals surface area (Å²) < 4.78 is 0. The molecule has 0 heterocycles. The van der Waals surface area contributed by atoms with Crippen molar-refractivity contribution >= 4 is 23.5 Å². The minimum Gasteiger partial charge on any atom is -0.480 e. The summed E-state index contributed by atoms with van der Waals surface area (Å²) in [6.45, 7) is 7.70. The molecular formula is C22H26N2O4. The highest BCUT2D eigenvalue weighted by molar-refractivity contribution is 5.98. The number of carboxylic acid groups (broad SMARTS) is 1. The first-order valence-electron chi connectivity index (χ1n) is 9.07. The zero-order chi connectivity index (χ0) is 20.9. The molecule has 0 bridgehead atoms. The molecule has 0 aliphatic rings. The van der Waals surface area contributed by atoms with Crippen molar-refractivity contribution in [3.05, 3.63) is 65.2 Å². The largest absolute Gasteiger partial charge is 0.480 e. The fourth-order valence-electron chi connectivity index (χ4n) is 2.76. The number of carbonyl (C=O) groups is 3. The lowest BCUT2D eigenvalue weighted by Crippen LogP contribution is -2.42. The van der Waals surface area contributed by atoms with Crippen molar-refractivity contribution in [2.24, 2.45) is 0 Å². The van der Waals surface area contributed by atoms with Gasteiger partial charge < -0.3 is 15.7 Å². The summed E-state index contributed by atoms with van der Waals surface area (Å²) in [6.07, 6.45) is 0.177. The third-order valence-corrected chi connectivity index (χ3v) is 4.31. The molecule has 0 aliphatic heterocycles. The smallest absolute Gasteiger partial charge is 0.326 e. The lowest BCUT2D eigenvalue weighted by Gasteiger charge is -2.20. The number of nitrogens with one attached hydrogen (secondary N) is 2. The number of aliphatic carboxylic acids is 1. The maximum atomic E-state index is 12.5. The number of hydrogen-bond donors (Lipinski definition) is 3. The van der Waals surface area contributed by atoms with Crippen LogP contribution in [0.5, 0.6) is 0 Å². The zero-order valence-electron chi connectivity index (χ0n) is 16.6. The Bertz CT molecular complexity index is 867. The number of carboxylic acids is 1. The monoisotopic (exact) mass is 382 g/mol. The van der Waals surface area contributed by atoms with Gasteiger partial charge in [0.1, 0.15) is 6.04 Å². The van der Waals surface area contributed by atoms with Gasteiger partial charge in [-0.15, -0.1) is 0 Å². The fourth-order valence-corrected chi connectivity index (χ4v) is 2.76. The normalized spacial score (nSPS) is 12.1. The van der Waals surface area contributed by atoms with Gasteiger partial charge in [0.2, 0.25) is 5.91 Å². The summed E-state index contributed by atoms with van der Waals surface area (Å²) in [5, 5.41) is 14.7. The van der Waals surface area contributed by atoms with Crippen molar-refractivity contribution in [2.75, 3.05) is 5.32 Å². The van der Waals surface area contributed by atoms with E-state index >= 15 is 0 Å². The van der Waals surface area contributed by atoms with E-state index in [0.717, 1.165) is 11.1 Å². The van der Waals surface area contributed by atoms with Crippen LogP contribution < -0.4 is 10.6 Å². The summed E-state index contributed by atoms with van der Waals surface area (Å²) in [7, 11) is 0. The maximum Gasteiger partial charge on any atom is 0.326 e. The van der Waals surface area contributed by atoms with E-state index in [1.165, 1.54) is 13.0 Å². The lowest BCUT2D eigenvalue weighted by atomic mass is 9.86. The Morgan fingerprint density at radius 2 is 1.68 bits per heavy atom. The van der Waals surface area contributed by atoms with Crippen LogP contribution in [0.2, 0.25) is 0 Å². The molecule has 1 atom stereocenters. The zero-order valence-corrected chi connectivity index (χ0v) is 16.6. The molecule has 0 saturated carbocycles. The Labute approximate surface area is 165 Å². The van der Waals surface area contributed by atoms with E-state index in [9.17, 15) is 19.5 Å². The second kappa shape index (κ2) is 8.69. The Morgan fingerprint density at radius 3 is 2.21 bits per heavy atom. The van der Waals surface area contributed by atoms with Crippen LogP contribution in [0.4, 0.5) is 5.69 Å². The molecule has 0 aromatic heterocycles. The highest BCUT2D eigenvalue weighted by Crippen LogP contribution is 2.22. The molecule has 0 aliphatic carbocycles. The molecule has 0 saturated heterocycles. The first-order valence-corrected chi connectivity index (χ1v) is 9.07. The number of anilines is 1. The van der Waals surface area contributed by atoms with Crippen molar-refractivity contribution < 1.29 is 19.5 Å². The fraction of sp³-hybridized carbons (Fsp3) is 0.318. The lowest BCUT2D eigenvalue weighted by molar-refractivity contribution is -0.139. The van der Waals surface area contributed by atoms with Crippen LogP contribution in [0, 0.1) is 0 Å². The van der Waals surface area contributed by atoms with Crippen LogP contribution in [0.15, 0.2) is 48.5 Å². The van der Waals surface area contributed by atoms with Crippen LogP contribution >= 0.6 is 0 Å². The van der Waals surface area contributed by atoms with Crippen LogP contribution in [-0.4, -0.2) is 28.9 Å². The predicted molar refractivity (Wildman–Crippen MR) is 108 cm³/mol. The van der Waals surface area contributed by atoms with Gasteiger partial charge in [-0.1, -0.05) is 51.1 Å². The van der Waals surface area contributed by atoms with Crippen molar-refractivity contribution in [3.8, 4) is 0 Å². The van der Waals surface area contributed by atoms with Gasteiger partial charge in [-0.25, -0.2) is 4.79 Å². The van der Waals surface area contributed by atoms with E-state index in [-0.39, 0.29) is 23.3 Å². The second-order valence-electron chi connectivity index (χ2n) is 7.78. The molecule has 0 spiro atoms. The molecule has 3 N–H and O–H groups in total. The van der Waals surface area contributed by atoms with Gasteiger partial charge >= 0.3 is 5.97 Å². The van der Waals surface area contributed by atoms with E-state index in [2.05, 4.69) is 31.4 Å². The number of benzene rings is 2. The molecule has 2 aromatic rings. The van der Waals surface area contributed by atoms with E-state index in [0.29, 0.717) is 5.69 Å². The summed E-state index contributed by atoms with van der Waals surface area (Å²) >= 11 is 0. The van der Waals surface area contributed by atoms with Gasteiger partial charge in [-0.3, -0.25) is 9.59 Å². The topological polar surface area (TPSA) is 95.5 Å². The first-order chi connectivity index (χ1) is 13.1. The minimum absolute atomic E-state index is 0.0118. The number of amides is 2. The van der Waals surface area contributed by atoms with Crippen molar-refractivity contribution in [2.45, 2.75) is 45.6 Å². The average Bonchev–Trinajstić information content (AvgIpc) is 2.60. The van der Waals surface area contributed by atoms with Gasteiger partial charge in [0.25, 0.3) is 5.91 Å². The molecule has 2 amide bonds. The Morgan fingerprint density at radius 1 is 1.04 bits per heavy atom. The van der Waals surface area contributed by atoms with Crippen LogP contribution in [-0.2, 0) is 21.4 Å². The molecule has 6 heteroatoms. The number of rotatable bonds is 6. The quantitative estimate of drug-likeness (QED) is 0.714. The second-order valence-corrected chi connectivity index (χ2v) is 7.78. The Kier molecular flexibility index (Phi) is 6.57. The molecule has 2 rings (SSSR count). The molecule has 2 aromatic carbocycles. The summed E-state index contributed by atoms with van der Waals surface area (Å²) in [4.78, 5) is 35.3. The molecule has 148 valence electrons. The highest BCUT2D eigenvalue weighted by atomic mass is 16.4. The molecule has 0 fully saturated rings. The van der Waals surface area contributed by atoms with Gasteiger partial charge in [0.15, 0.2) is 0 Å². The third kappa shape index (κ3) is 5.94. The molecule has 0 radical (unpaired) electrons. The van der Waals surface area contributed by atoms with Crippen LogP contribution in [0.3, 0.4) is 0 Å². The molecule has 28 heavy (non-hydrogen) atoms. The predicted octanol–water partition coefficient (Wildman–Crippen LogP) is 3.37. The first kappa shape index (κ1) is 21.2. The van der Waals surface area contributed by atoms with Crippen LogP contribution in [0.1, 0.15) is 49.2 Å². The van der Waals surface area contributed by atoms with E-state index < -0.39 is 17.9 Å².